The van der Waals surface area contributed by atoms with Gasteiger partial charge < -0.3 is 10.2 Å². The van der Waals surface area contributed by atoms with E-state index >= 15 is 0 Å². The summed E-state index contributed by atoms with van der Waals surface area (Å²) in [6.07, 6.45) is 7.04. The number of hydrogen-bond acceptors (Lipinski definition) is 3. The Kier molecular flexibility index (Phi) is 8.17. The van der Waals surface area contributed by atoms with Crippen molar-refractivity contribution in [2.75, 3.05) is 4.90 Å². The van der Waals surface area contributed by atoms with E-state index in [1.54, 1.807) is 23.4 Å². The molecule has 3 aromatic carbocycles. The van der Waals surface area contributed by atoms with Crippen molar-refractivity contribution in [2.24, 2.45) is 0 Å². The lowest BCUT2D eigenvalue weighted by molar-refractivity contribution is -0.120. The Morgan fingerprint density at radius 3 is 2.20 bits per heavy atom. The van der Waals surface area contributed by atoms with Crippen molar-refractivity contribution in [1.29, 1.82) is 0 Å². The molecule has 0 fully saturated rings. The minimum absolute atomic E-state index is 0.0797. The monoisotopic (exact) mass is 461 g/mol. The molecular formula is C30H27N3O2. The van der Waals surface area contributed by atoms with E-state index in [9.17, 15) is 9.59 Å². The van der Waals surface area contributed by atoms with Crippen molar-refractivity contribution in [3.05, 3.63) is 138 Å². The van der Waals surface area contributed by atoms with Crippen molar-refractivity contribution in [2.45, 2.75) is 19.5 Å². The Bertz CT molecular complexity index is 1270. The Hall–Kier alpha value is -4.51. The minimum Gasteiger partial charge on any atom is -0.352 e. The van der Waals surface area contributed by atoms with Crippen molar-refractivity contribution in [3.8, 4) is 0 Å². The van der Waals surface area contributed by atoms with Gasteiger partial charge in [0.05, 0.1) is 13.0 Å². The number of pyridine rings is 1. The molecule has 0 aliphatic rings. The number of nitrogens with zero attached hydrogens (tertiary/aromatic N) is 2. The lowest BCUT2D eigenvalue weighted by Crippen LogP contribution is -2.29. The van der Waals surface area contributed by atoms with E-state index < -0.39 is 0 Å². The molecule has 1 aromatic heterocycles. The summed E-state index contributed by atoms with van der Waals surface area (Å²) in [5.41, 5.74) is 4.56. The summed E-state index contributed by atoms with van der Waals surface area (Å²) in [6, 6.07) is 30.9. The zero-order valence-electron chi connectivity index (χ0n) is 19.4. The first kappa shape index (κ1) is 23.6. The molecule has 2 amide bonds. The first-order valence-electron chi connectivity index (χ1n) is 11.5. The van der Waals surface area contributed by atoms with Gasteiger partial charge in [-0.15, -0.1) is 0 Å². The number of benzene rings is 3. The molecule has 35 heavy (non-hydrogen) atoms. The summed E-state index contributed by atoms with van der Waals surface area (Å²) < 4.78 is 0. The Balaban J connectivity index is 1.50. The molecule has 4 aromatic rings. The van der Waals surface area contributed by atoms with Crippen LogP contribution >= 0.6 is 0 Å². The van der Waals surface area contributed by atoms with Crippen LogP contribution in [0.4, 0.5) is 5.69 Å². The van der Waals surface area contributed by atoms with E-state index in [4.69, 9.17) is 0 Å². The zero-order chi connectivity index (χ0) is 24.3. The summed E-state index contributed by atoms with van der Waals surface area (Å²) in [5, 5.41) is 2.94. The highest BCUT2D eigenvalue weighted by atomic mass is 16.2. The van der Waals surface area contributed by atoms with Gasteiger partial charge in [-0.1, -0.05) is 72.8 Å². The predicted octanol–water partition coefficient (Wildman–Crippen LogP) is 5.19. The van der Waals surface area contributed by atoms with Gasteiger partial charge in [-0.2, -0.15) is 0 Å². The number of amides is 2. The van der Waals surface area contributed by atoms with Crippen LogP contribution in [0.3, 0.4) is 0 Å². The van der Waals surface area contributed by atoms with E-state index in [2.05, 4.69) is 10.3 Å². The molecule has 1 N–H and O–H groups in total. The highest BCUT2D eigenvalue weighted by Gasteiger charge is 2.15. The number of hydrogen-bond donors (Lipinski definition) is 1. The normalized spacial score (nSPS) is 10.7. The van der Waals surface area contributed by atoms with Crippen LogP contribution in [-0.2, 0) is 29.1 Å². The quantitative estimate of drug-likeness (QED) is 0.349. The second-order valence-electron chi connectivity index (χ2n) is 8.13. The lowest BCUT2D eigenvalue weighted by Gasteiger charge is -2.22. The third kappa shape index (κ3) is 7.24. The first-order chi connectivity index (χ1) is 17.2. The Morgan fingerprint density at radius 2 is 1.46 bits per heavy atom. The topological polar surface area (TPSA) is 62.3 Å². The van der Waals surface area contributed by atoms with Crippen LogP contribution in [0, 0.1) is 0 Å². The highest BCUT2D eigenvalue weighted by Crippen LogP contribution is 2.21. The highest BCUT2D eigenvalue weighted by molar-refractivity contribution is 6.03. The largest absolute Gasteiger partial charge is 0.352 e. The van der Waals surface area contributed by atoms with Crippen molar-refractivity contribution < 1.29 is 9.59 Å². The third-order valence-corrected chi connectivity index (χ3v) is 5.49. The number of rotatable bonds is 9. The lowest BCUT2D eigenvalue weighted by atomic mass is 10.1. The average Bonchev–Trinajstić information content (AvgIpc) is 2.91. The molecule has 0 radical (unpaired) electrons. The summed E-state index contributed by atoms with van der Waals surface area (Å²) in [6.45, 7) is 0.875. The molecule has 5 nitrogen and oxygen atoms in total. The van der Waals surface area contributed by atoms with E-state index in [0.29, 0.717) is 13.1 Å². The molecule has 0 spiro atoms. The number of nitrogens with one attached hydrogen (secondary N) is 1. The van der Waals surface area contributed by atoms with Crippen LogP contribution in [0.15, 0.2) is 116 Å². The number of carbonyl (C=O) groups excluding carboxylic acids is 2. The maximum Gasteiger partial charge on any atom is 0.251 e. The summed E-state index contributed by atoms with van der Waals surface area (Å²) in [4.78, 5) is 31.5. The van der Waals surface area contributed by atoms with Gasteiger partial charge in [0, 0.05) is 30.7 Å². The fourth-order valence-electron chi connectivity index (χ4n) is 3.67. The molecule has 0 saturated heterocycles. The minimum atomic E-state index is -0.128. The molecule has 0 bridgehead atoms. The first-order valence-corrected chi connectivity index (χ1v) is 11.5. The maximum absolute atomic E-state index is 13.3. The second kappa shape index (κ2) is 12.1. The third-order valence-electron chi connectivity index (χ3n) is 5.49. The molecule has 0 aliphatic carbocycles. The second-order valence-corrected chi connectivity index (χ2v) is 8.13. The van der Waals surface area contributed by atoms with Gasteiger partial charge in [-0.3, -0.25) is 14.6 Å². The molecule has 0 saturated carbocycles. The van der Waals surface area contributed by atoms with Crippen LogP contribution in [-0.4, -0.2) is 16.8 Å². The van der Waals surface area contributed by atoms with Gasteiger partial charge in [0.25, 0.3) is 5.91 Å². The van der Waals surface area contributed by atoms with Crippen molar-refractivity contribution >= 4 is 23.6 Å². The molecule has 5 heteroatoms. The molecule has 174 valence electrons. The summed E-state index contributed by atoms with van der Waals surface area (Å²) in [5.74, 6) is -0.208. The molecular weight excluding hydrogens is 434 g/mol. The maximum atomic E-state index is 13.3. The van der Waals surface area contributed by atoms with Gasteiger partial charge in [0.15, 0.2) is 0 Å². The van der Waals surface area contributed by atoms with Crippen LogP contribution in [0.25, 0.3) is 6.08 Å². The van der Waals surface area contributed by atoms with Crippen LogP contribution in [0.2, 0.25) is 0 Å². The van der Waals surface area contributed by atoms with Crippen LogP contribution < -0.4 is 10.2 Å². The van der Waals surface area contributed by atoms with Crippen LogP contribution in [0.5, 0.6) is 0 Å². The van der Waals surface area contributed by atoms with Gasteiger partial charge in [-0.05, 0) is 52.6 Å². The fraction of sp³-hybridized carbons (Fsp3) is 0.100. The molecule has 0 atom stereocenters. The molecule has 1 heterocycles. The van der Waals surface area contributed by atoms with Gasteiger partial charge in [0.1, 0.15) is 0 Å². The van der Waals surface area contributed by atoms with Gasteiger partial charge in [-0.25, -0.2) is 0 Å². The fourth-order valence-corrected chi connectivity index (χ4v) is 3.67. The van der Waals surface area contributed by atoms with Crippen LogP contribution in [0.1, 0.15) is 22.3 Å². The summed E-state index contributed by atoms with van der Waals surface area (Å²) >= 11 is 0. The SMILES string of the molecule is O=C(Cc1cccc(N(Cc2ccccc2)C(=O)C=Cc2ccccc2)c1)NCc1ccncc1. The van der Waals surface area contributed by atoms with E-state index in [1.807, 2.05) is 103 Å². The predicted molar refractivity (Wildman–Crippen MR) is 139 cm³/mol. The van der Waals surface area contributed by atoms with E-state index in [-0.39, 0.29) is 18.2 Å². The average molecular weight is 462 g/mol. The van der Waals surface area contributed by atoms with Crippen molar-refractivity contribution in [3.63, 3.8) is 0 Å². The van der Waals surface area contributed by atoms with Gasteiger partial charge >= 0.3 is 0 Å². The molecule has 4 rings (SSSR count). The number of aromatic nitrogens is 1. The Labute approximate surface area is 205 Å². The smallest absolute Gasteiger partial charge is 0.251 e. The van der Waals surface area contributed by atoms with E-state index in [1.165, 1.54) is 0 Å². The Morgan fingerprint density at radius 1 is 0.771 bits per heavy atom. The number of carbonyl (C=O) groups is 2. The van der Waals surface area contributed by atoms with Crippen molar-refractivity contribution in [1.82, 2.24) is 10.3 Å². The number of anilines is 1. The standard InChI is InChI=1S/C30H27N3O2/c34-29(32-22-25-16-18-31-19-17-25)21-27-12-7-13-28(20-27)33(23-26-10-5-2-6-11-26)30(35)15-14-24-8-3-1-4-9-24/h1-20H,21-23H2,(H,32,34). The molecule has 0 unspecified atom stereocenters. The molecule has 0 aliphatic heterocycles. The zero-order valence-corrected chi connectivity index (χ0v) is 19.4. The van der Waals surface area contributed by atoms with Gasteiger partial charge in [0.2, 0.25) is 5.91 Å². The summed E-state index contributed by atoms with van der Waals surface area (Å²) in [7, 11) is 0. The van der Waals surface area contributed by atoms with E-state index in [0.717, 1.165) is 27.9 Å².